The first kappa shape index (κ1) is 19.8. The highest BCUT2D eigenvalue weighted by Crippen LogP contribution is 2.30. The number of hydrogen-bond donors (Lipinski definition) is 1. The molecule has 7 heteroatoms. The summed E-state index contributed by atoms with van der Waals surface area (Å²) in [5.41, 5.74) is 2.24. The van der Waals surface area contributed by atoms with E-state index in [4.69, 9.17) is 4.42 Å². The Morgan fingerprint density at radius 3 is 2.72 bits per heavy atom. The summed E-state index contributed by atoms with van der Waals surface area (Å²) in [5.74, 6) is 0.850. The van der Waals surface area contributed by atoms with Crippen LogP contribution in [0.1, 0.15) is 35.3 Å². The Labute approximate surface area is 160 Å². The maximum atomic E-state index is 13.1. The van der Waals surface area contributed by atoms with E-state index < -0.39 is 0 Å². The van der Waals surface area contributed by atoms with Gasteiger partial charge in [-0.15, -0.1) is 24.8 Å². The molecule has 0 aliphatic carbocycles. The molecule has 0 spiro atoms. The molecule has 2 unspecified atom stereocenters. The third-order valence-corrected chi connectivity index (χ3v) is 4.98. The van der Waals surface area contributed by atoms with Gasteiger partial charge < -0.3 is 14.6 Å². The van der Waals surface area contributed by atoms with Crippen LogP contribution in [0.2, 0.25) is 0 Å². The molecule has 2 atom stereocenters. The van der Waals surface area contributed by atoms with Gasteiger partial charge in [0.15, 0.2) is 5.76 Å². The highest BCUT2D eigenvalue weighted by Gasteiger charge is 2.38. The molecule has 2 aliphatic heterocycles. The Kier molecular flexibility index (Phi) is 6.49. The fraction of sp³-hybridized carbons (Fsp3) is 0.444. The first-order chi connectivity index (χ1) is 11.2. The molecule has 2 bridgehead atoms. The van der Waals surface area contributed by atoms with Gasteiger partial charge >= 0.3 is 0 Å². The van der Waals surface area contributed by atoms with Gasteiger partial charge in [-0.3, -0.25) is 4.79 Å². The van der Waals surface area contributed by atoms with E-state index in [0.29, 0.717) is 17.6 Å². The molecule has 1 amide bonds. The Morgan fingerprint density at radius 2 is 2.00 bits per heavy atom. The van der Waals surface area contributed by atoms with Crippen LogP contribution < -0.4 is 5.32 Å². The van der Waals surface area contributed by atoms with Gasteiger partial charge in [-0.2, -0.15) is 0 Å². The topological polar surface area (TPSA) is 58.4 Å². The summed E-state index contributed by atoms with van der Waals surface area (Å²) < 4.78 is 5.39. The lowest BCUT2D eigenvalue weighted by Gasteiger charge is -2.28. The molecule has 4 heterocycles. The fourth-order valence-corrected chi connectivity index (χ4v) is 3.80. The van der Waals surface area contributed by atoms with Gasteiger partial charge in [0, 0.05) is 18.6 Å². The third kappa shape index (κ3) is 3.68. The maximum Gasteiger partial charge on any atom is 0.256 e. The number of rotatable bonds is 2. The van der Waals surface area contributed by atoms with E-state index in [-0.39, 0.29) is 30.7 Å². The standard InChI is InChI=1S/C18H21N3O2.2ClH/c1-12-15(6-7-16(20-12)17-3-2-10-23-17)18(22)21-13-4-5-14(21)11-19-9-8-13;;/h2-3,6-7,10,13-14,19H,4-5,8-9,11H2,1H3;2*1H. The molecule has 2 aliphatic rings. The van der Waals surface area contributed by atoms with E-state index in [0.717, 1.165) is 49.5 Å². The summed E-state index contributed by atoms with van der Waals surface area (Å²) in [5, 5.41) is 3.44. The lowest BCUT2D eigenvalue weighted by molar-refractivity contribution is 0.0679. The number of carbonyl (C=O) groups excluding carboxylic acids is 1. The van der Waals surface area contributed by atoms with Crippen LogP contribution in [0.3, 0.4) is 0 Å². The first-order valence-corrected chi connectivity index (χ1v) is 8.29. The molecule has 2 saturated heterocycles. The van der Waals surface area contributed by atoms with Crippen molar-refractivity contribution in [1.29, 1.82) is 0 Å². The van der Waals surface area contributed by atoms with E-state index >= 15 is 0 Å². The molecule has 2 aromatic heterocycles. The van der Waals surface area contributed by atoms with Crippen LogP contribution in [0.15, 0.2) is 34.9 Å². The molecule has 2 aromatic rings. The van der Waals surface area contributed by atoms with Crippen molar-refractivity contribution in [2.24, 2.45) is 0 Å². The zero-order valence-corrected chi connectivity index (χ0v) is 15.7. The van der Waals surface area contributed by atoms with Gasteiger partial charge in [-0.25, -0.2) is 4.98 Å². The second-order valence-electron chi connectivity index (χ2n) is 6.40. The smallest absolute Gasteiger partial charge is 0.256 e. The van der Waals surface area contributed by atoms with Crippen molar-refractivity contribution in [3.05, 3.63) is 41.8 Å². The molecule has 2 fully saturated rings. The SMILES string of the molecule is Cc1nc(-c2ccco2)ccc1C(=O)N1C2CCNCC1CC2.Cl.Cl. The van der Waals surface area contributed by atoms with Crippen molar-refractivity contribution in [2.75, 3.05) is 13.1 Å². The predicted molar refractivity (Wildman–Crippen MR) is 102 cm³/mol. The molecule has 4 rings (SSSR count). The van der Waals surface area contributed by atoms with Crippen LogP contribution in [0.5, 0.6) is 0 Å². The summed E-state index contributed by atoms with van der Waals surface area (Å²) in [7, 11) is 0. The first-order valence-electron chi connectivity index (χ1n) is 8.29. The molecule has 5 nitrogen and oxygen atoms in total. The Hall–Kier alpha value is -1.56. The number of amides is 1. The zero-order chi connectivity index (χ0) is 15.8. The van der Waals surface area contributed by atoms with Gasteiger partial charge in [0.2, 0.25) is 0 Å². The summed E-state index contributed by atoms with van der Waals surface area (Å²) in [6, 6.07) is 8.17. The molecule has 136 valence electrons. The quantitative estimate of drug-likeness (QED) is 0.862. The van der Waals surface area contributed by atoms with E-state index in [1.165, 1.54) is 0 Å². The number of aromatic nitrogens is 1. The van der Waals surface area contributed by atoms with E-state index in [1.54, 1.807) is 6.26 Å². The fourth-order valence-electron chi connectivity index (χ4n) is 3.80. The van der Waals surface area contributed by atoms with Crippen LogP contribution >= 0.6 is 24.8 Å². The van der Waals surface area contributed by atoms with E-state index in [1.807, 2.05) is 31.2 Å². The van der Waals surface area contributed by atoms with Crippen LogP contribution in [0.25, 0.3) is 11.5 Å². The minimum absolute atomic E-state index is 0. The van der Waals surface area contributed by atoms with Crippen molar-refractivity contribution < 1.29 is 9.21 Å². The van der Waals surface area contributed by atoms with Gasteiger partial charge in [0.05, 0.1) is 17.5 Å². The van der Waals surface area contributed by atoms with E-state index in [2.05, 4.69) is 15.2 Å². The number of hydrogen-bond acceptors (Lipinski definition) is 4. The number of carbonyl (C=O) groups is 1. The van der Waals surface area contributed by atoms with E-state index in [9.17, 15) is 4.79 Å². The minimum Gasteiger partial charge on any atom is -0.463 e. The number of halogens is 2. The predicted octanol–water partition coefficient (Wildman–Crippen LogP) is 3.46. The second-order valence-corrected chi connectivity index (χ2v) is 6.40. The second kappa shape index (κ2) is 8.21. The maximum absolute atomic E-state index is 13.1. The monoisotopic (exact) mass is 383 g/mol. The minimum atomic E-state index is 0. The van der Waals surface area contributed by atoms with Crippen LogP contribution in [0.4, 0.5) is 0 Å². The van der Waals surface area contributed by atoms with Crippen LogP contribution in [0, 0.1) is 6.92 Å². The summed E-state index contributed by atoms with van der Waals surface area (Å²) in [6.07, 6.45) is 4.89. The zero-order valence-electron chi connectivity index (χ0n) is 14.1. The molecular weight excluding hydrogens is 361 g/mol. The van der Waals surface area contributed by atoms with Crippen molar-refractivity contribution in [2.45, 2.75) is 38.3 Å². The number of pyridine rings is 1. The molecule has 1 N–H and O–H groups in total. The summed E-state index contributed by atoms with van der Waals surface area (Å²) in [4.78, 5) is 19.7. The average molecular weight is 384 g/mol. The molecule has 25 heavy (non-hydrogen) atoms. The van der Waals surface area contributed by atoms with Gasteiger partial charge in [0.1, 0.15) is 5.69 Å². The molecule has 0 saturated carbocycles. The summed E-state index contributed by atoms with van der Waals surface area (Å²) in [6.45, 7) is 3.80. The number of nitrogens with one attached hydrogen (secondary N) is 1. The molecular formula is C18H23Cl2N3O2. The van der Waals surface area contributed by atoms with Gasteiger partial charge in [-0.1, -0.05) is 0 Å². The molecule has 0 radical (unpaired) electrons. The van der Waals surface area contributed by atoms with Gasteiger partial charge in [0.25, 0.3) is 5.91 Å². The van der Waals surface area contributed by atoms with Crippen molar-refractivity contribution in [3.8, 4) is 11.5 Å². The number of nitrogens with zero attached hydrogens (tertiary/aromatic N) is 2. The summed E-state index contributed by atoms with van der Waals surface area (Å²) >= 11 is 0. The number of fused-ring (bicyclic) bond motifs is 2. The van der Waals surface area contributed by atoms with Crippen molar-refractivity contribution >= 4 is 30.7 Å². The average Bonchev–Trinajstić information content (AvgIpc) is 3.14. The highest BCUT2D eigenvalue weighted by atomic mass is 35.5. The van der Waals surface area contributed by atoms with Crippen LogP contribution in [-0.2, 0) is 0 Å². The largest absolute Gasteiger partial charge is 0.463 e. The van der Waals surface area contributed by atoms with Crippen molar-refractivity contribution in [3.63, 3.8) is 0 Å². The van der Waals surface area contributed by atoms with Crippen molar-refractivity contribution in [1.82, 2.24) is 15.2 Å². The Bertz CT molecular complexity index is 707. The van der Waals surface area contributed by atoms with Crippen LogP contribution in [-0.4, -0.2) is 41.0 Å². The third-order valence-electron chi connectivity index (χ3n) is 4.98. The lowest BCUT2D eigenvalue weighted by Crippen LogP contribution is -2.42. The molecule has 0 aromatic carbocycles. The highest BCUT2D eigenvalue weighted by molar-refractivity contribution is 5.96. The van der Waals surface area contributed by atoms with Gasteiger partial charge in [-0.05, 0) is 57.0 Å². The number of furan rings is 1. The Balaban J connectivity index is 0.00000113. The Morgan fingerprint density at radius 1 is 1.20 bits per heavy atom. The lowest BCUT2D eigenvalue weighted by atomic mass is 10.1. The normalized spacial score (nSPS) is 21.9. The number of aryl methyl sites for hydroxylation is 1.